The maximum atomic E-state index is 14.3. The van der Waals surface area contributed by atoms with Crippen molar-refractivity contribution < 1.29 is 24.2 Å². The highest BCUT2D eigenvalue weighted by Crippen LogP contribution is 2.61. The highest BCUT2D eigenvalue weighted by Gasteiger charge is 2.70. The Morgan fingerprint density at radius 3 is 2.50 bits per heavy atom. The number of likely N-dealkylation sites (tertiary alicyclic amines) is 1. The molecule has 214 valence electrons. The average molecular weight is 567 g/mol. The molecule has 40 heavy (non-hydrogen) atoms. The van der Waals surface area contributed by atoms with Gasteiger partial charge in [0.05, 0.1) is 29.8 Å². The molecule has 5 heterocycles. The van der Waals surface area contributed by atoms with Gasteiger partial charge in [-0.15, -0.1) is 11.8 Å². The third-order valence-corrected chi connectivity index (χ3v) is 10.7. The van der Waals surface area contributed by atoms with Gasteiger partial charge >= 0.3 is 0 Å². The summed E-state index contributed by atoms with van der Waals surface area (Å²) in [5, 5.41) is 9.24. The van der Waals surface area contributed by atoms with Gasteiger partial charge in [0.2, 0.25) is 17.7 Å². The molecule has 0 aliphatic carbocycles. The Kier molecular flexibility index (Phi) is 8.03. The van der Waals surface area contributed by atoms with E-state index in [1.54, 1.807) is 21.6 Å². The lowest BCUT2D eigenvalue weighted by Gasteiger charge is -2.36. The summed E-state index contributed by atoms with van der Waals surface area (Å²) in [6.45, 7) is 5.83. The first kappa shape index (κ1) is 27.5. The summed E-state index contributed by atoms with van der Waals surface area (Å²) in [6.07, 6.45) is 9.37. The van der Waals surface area contributed by atoms with Crippen LogP contribution >= 0.6 is 11.8 Å². The second-order valence-corrected chi connectivity index (χ2v) is 12.6. The van der Waals surface area contributed by atoms with E-state index in [1.807, 2.05) is 47.4 Å². The molecule has 1 unspecified atom stereocenters. The SMILES string of the molecule is O=C1C2N(CCCCO)C(=O)[C@@H]3[C@H]4C(=O)N(c5ccccc5)CC=C[C@H]4S[C@]23C=CCN1CCN1CCOCC1. The second kappa shape index (κ2) is 11.7. The molecule has 0 saturated carbocycles. The number of benzene rings is 1. The van der Waals surface area contributed by atoms with Crippen LogP contribution in [-0.4, -0.2) is 119 Å². The van der Waals surface area contributed by atoms with Crippen molar-refractivity contribution in [1.29, 1.82) is 0 Å². The number of anilines is 1. The summed E-state index contributed by atoms with van der Waals surface area (Å²) in [7, 11) is 0. The fourth-order valence-corrected chi connectivity index (χ4v) is 8.95. The topological polar surface area (TPSA) is 93.6 Å². The minimum atomic E-state index is -0.809. The molecule has 10 heteroatoms. The standard InChI is InChI=1S/C30H38N4O5S/c35-19-5-4-13-34-26-29(38)32(16-15-31-17-20-39-21-18-31)12-7-11-30(26)25(28(34)37)24-23(40-30)10-6-14-33(27(24)36)22-8-2-1-3-9-22/h1-3,6-11,23-26,35H,4-5,12-21H2/t23-,24+,25+,26?,30+/m1/s1. The van der Waals surface area contributed by atoms with E-state index in [1.165, 1.54) is 0 Å². The zero-order chi connectivity index (χ0) is 27.7. The van der Waals surface area contributed by atoms with Crippen LogP contribution in [0.1, 0.15) is 12.8 Å². The number of rotatable bonds is 8. The first-order chi connectivity index (χ1) is 19.5. The number of amides is 3. The van der Waals surface area contributed by atoms with Gasteiger partial charge in [0, 0.05) is 63.4 Å². The van der Waals surface area contributed by atoms with Crippen molar-refractivity contribution in [1.82, 2.24) is 14.7 Å². The highest BCUT2D eigenvalue weighted by atomic mass is 32.2. The van der Waals surface area contributed by atoms with Gasteiger partial charge in [-0.2, -0.15) is 0 Å². The van der Waals surface area contributed by atoms with Crippen LogP contribution in [0.15, 0.2) is 54.6 Å². The molecule has 0 bridgehead atoms. The van der Waals surface area contributed by atoms with Gasteiger partial charge in [0.25, 0.3) is 0 Å². The summed E-state index contributed by atoms with van der Waals surface area (Å²) in [5.41, 5.74) is 0.812. The smallest absolute Gasteiger partial charge is 0.247 e. The van der Waals surface area contributed by atoms with Gasteiger partial charge in [-0.1, -0.05) is 42.5 Å². The largest absolute Gasteiger partial charge is 0.396 e. The lowest BCUT2D eigenvalue weighted by Crippen LogP contribution is -2.54. The minimum absolute atomic E-state index is 0.0373. The van der Waals surface area contributed by atoms with Crippen molar-refractivity contribution in [2.45, 2.75) is 28.9 Å². The summed E-state index contributed by atoms with van der Waals surface area (Å²) in [6, 6.07) is 8.93. The molecule has 0 radical (unpaired) electrons. The molecule has 5 aliphatic rings. The Balaban J connectivity index is 1.32. The third kappa shape index (κ3) is 4.78. The molecule has 3 fully saturated rings. The van der Waals surface area contributed by atoms with Gasteiger partial charge < -0.3 is 24.5 Å². The van der Waals surface area contributed by atoms with Crippen molar-refractivity contribution in [3.63, 3.8) is 0 Å². The predicted octanol–water partition coefficient (Wildman–Crippen LogP) is 1.39. The Labute approximate surface area is 239 Å². The maximum Gasteiger partial charge on any atom is 0.247 e. The second-order valence-electron chi connectivity index (χ2n) is 11.2. The van der Waals surface area contributed by atoms with Gasteiger partial charge in [-0.3, -0.25) is 19.3 Å². The normalized spacial score (nSPS) is 32.2. The van der Waals surface area contributed by atoms with E-state index >= 15 is 0 Å². The zero-order valence-corrected chi connectivity index (χ0v) is 23.6. The molecular formula is C30H38N4O5S. The van der Waals surface area contributed by atoms with E-state index in [9.17, 15) is 19.5 Å². The summed E-state index contributed by atoms with van der Waals surface area (Å²) >= 11 is 1.62. The lowest BCUT2D eigenvalue weighted by molar-refractivity contribution is -0.142. The van der Waals surface area contributed by atoms with E-state index < -0.39 is 22.6 Å². The van der Waals surface area contributed by atoms with Crippen LogP contribution in [0.2, 0.25) is 0 Å². The maximum absolute atomic E-state index is 14.3. The van der Waals surface area contributed by atoms with Crippen LogP contribution in [0.5, 0.6) is 0 Å². The van der Waals surface area contributed by atoms with Gasteiger partial charge in [-0.05, 0) is 25.0 Å². The Hall–Kier alpha value is -2.66. The van der Waals surface area contributed by atoms with Crippen molar-refractivity contribution in [3.8, 4) is 0 Å². The highest BCUT2D eigenvalue weighted by molar-refractivity contribution is 8.02. The van der Waals surface area contributed by atoms with Crippen LogP contribution in [0, 0.1) is 11.8 Å². The molecule has 3 amide bonds. The van der Waals surface area contributed by atoms with E-state index in [0.29, 0.717) is 52.2 Å². The number of fused-ring (bicyclic) bond motifs is 2. The number of ether oxygens (including phenoxy) is 1. The molecule has 6 rings (SSSR count). The number of carbonyl (C=O) groups is 3. The molecule has 1 spiro atoms. The fourth-order valence-electron chi connectivity index (χ4n) is 6.95. The Morgan fingerprint density at radius 2 is 1.73 bits per heavy atom. The van der Waals surface area contributed by atoms with Crippen molar-refractivity contribution in [2.24, 2.45) is 11.8 Å². The van der Waals surface area contributed by atoms with E-state index in [0.717, 1.165) is 25.3 Å². The third-order valence-electron chi connectivity index (χ3n) is 8.91. The monoisotopic (exact) mass is 566 g/mol. The molecule has 1 aromatic rings. The molecule has 0 aromatic heterocycles. The molecule has 1 aromatic carbocycles. The first-order valence-electron chi connectivity index (χ1n) is 14.4. The quantitative estimate of drug-likeness (QED) is 0.376. The minimum Gasteiger partial charge on any atom is -0.396 e. The van der Waals surface area contributed by atoms with Crippen LogP contribution in [-0.2, 0) is 19.1 Å². The fraction of sp³-hybridized carbons (Fsp3) is 0.567. The van der Waals surface area contributed by atoms with E-state index in [-0.39, 0.29) is 29.6 Å². The number of nitrogens with zero attached hydrogens (tertiary/aromatic N) is 4. The van der Waals surface area contributed by atoms with Gasteiger partial charge in [0.1, 0.15) is 6.04 Å². The van der Waals surface area contributed by atoms with Crippen LogP contribution in [0.4, 0.5) is 5.69 Å². The predicted molar refractivity (Wildman–Crippen MR) is 154 cm³/mol. The Bertz CT molecular complexity index is 1170. The van der Waals surface area contributed by atoms with Gasteiger partial charge in [0.15, 0.2) is 0 Å². The molecule has 5 atom stereocenters. The summed E-state index contributed by atoms with van der Waals surface area (Å²) in [5.74, 6) is -1.40. The number of thioether (sulfide) groups is 1. The molecule has 9 nitrogen and oxygen atoms in total. The van der Waals surface area contributed by atoms with Crippen LogP contribution in [0.25, 0.3) is 0 Å². The summed E-state index contributed by atoms with van der Waals surface area (Å²) < 4.78 is 4.66. The van der Waals surface area contributed by atoms with E-state index in [4.69, 9.17) is 4.74 Å². The number of aliphatic hydroxyl groups is 1. The number of hydrogen-bond donors (Lipinski definition) is 1. The molecule has 5 aliphatic heterocycles. The van der Waals surface area contributed by atoms with Crippen molar-refractivity contribution >= 4 is 35.2 Å². The molecule has 1 N–H and O–H groups in total. The lowest BCUT2D eigenvalue weighted by atomic mass is 9.78. The number of morpholine rings is 1. The van der Waals surface area contributed by atoms with Crippen molar-refractivity contribution in [2.75, 3.05) is 70.5 Å². The van der Waals surface area contributed by atoms with Crippen LogP contribution in [0.3, 0.4) is 0 Å². The zero-order valence-electron chi connectivity index (χ0n) is 22.8. The molecule has 3 saturated heterocycles. The van der Waals surface area contributed by atoms with Gasteiger partial charge in [-0.25, -0.2) is 0 Å². The number of unbranched alkanes of at least 4 members (excludes halogenated alkanes) is 1. The number of carbonyl (C=O) groups excluding carboxylic acids is 3. The summed E-state index contributed by atoms with van der Waals surface area (Å²) in [4.78, 5) is 50.5. The van der Waals surface area contributed by atoms with Crippen LogP contribution < -0.4 is 4.90 Å². The average Bonchev–Trinajstić information content (AvgIpc) is 3.29. The van der Waals surface area contributed by atoms with Crippen molar-refractivity contribution in [3.05, 3.63) is 54.6 Å². The number of para-hydroxylation sites is 1. The number of hydrogen-bond acceptors (Lipinski definition) is 7. The first-order valence-corrected chi connectivity index (χ1v) is 15.3. The Morgan fingerprint density at radius 1 is 0.925 bits per heavy atom. The molecular weight excluding hydrogens is 528 g/mol. The number of aliphatic hydroxyl groups excluding tert-OH is 1. The van der Waals surface area contributed by atoms with E-state index in [2.05, 4.69) is 17.1 Å².